The van der Waals surface area contributed by atoms with Crippen molar-refractivity contribution in [2.24, 2.45) is 7.05 Å². The summed E-state index contributed by atoms with van der Waals surface area (Å²) in [6.07, 6.45) is 4.56. The van der Waals surface area contributed by atoms with Crippen LogP contribution in [0.2, 0.25) is 0 Å². The van der Waals surface area contributed by atoms with Crippen LogP contribution in [-0.4, -0.2) is 30.6 Å². The van der Waals surface area contributed by atoms with Gasteiger partial charge in [-0.05, 0) is 6.07 Å². The molecule has 72 valence electrons. The lowest BCUT2D eigenvalue weighted by Gasteiger charge is -2.02. The molecule has 0 atom stereocenters. The van der Waals surface area contributed by atoms with Gasteiger partial charge in [-0.1, -0.05) is 0 Å². The average Bonchev–Trinajstić information content (AvgIpc) is 2.71. The van der Waals surface area contributed by atoms with Crippen molar-refractivity contribution in [3.63, 3.8) is 0 Å². The largest absolute Gasteiger partial charge is 0.477 e. The second kappa shape index (κ2) is 2.99. The van der Waals surface area contributed by atoms with Crippen LogP contribution in [0, 0.1) is 0 Å². The van der Waals surface area contributed by atoms with Gasteiger partial charge in [0.1, 0.15) is 5.56 Å². The molecule has 0 saturated carbocycles. The molecular formula is C8H8N4O2. The average molecular weight is 192 g/mol. The molecule has 6 heteroatoms. The van der Waals surface area contributed by atoms with E-state index in [1.165, 1.54) is 15.6 Å². The van der Waals surface area contributed by atoms with E-state index in [4.69, 9.17) is 5.11 Å². The van der Waals surface area contributed by atoms with Crippen LogP contribution in [0.15, 0.2) is 24.7 Å². The normalized spacial score (nSPS) is 10.4. The minimum atomic E-state index is -1.01. The van der Waals surface area contributed by atoms with Crippen LogP contribution in [0.5, 0.6) is 0 Å². The number of aryl methyl sites for hydroxylation is 1. The number of carbonyl (C=O) groups is 1. The smallest absolute Gasteiger partial charge is 0.341 e. The van der Waals surface area contributed by atoms with E-state index in [1.807, 2.05) is 0 Å². The number of aromatic carboxylic acids is 1. The lowest BCUT2D eigenvalue weighted by Crippen LogP contribution is -2.08. The number of aromatic nitrogens is 4. The standard InChI is InChI=1S/C8H8N4O2/c1-11-7(12-4-2-3-9-12)6(5-10-11)8(13)14/h2-5H,1H3,(H,13,14). The Hall–Kier alpha value is -2.11. The van der Waals surface area contributed by atoms with E-state index in [-0.39, 0.29) is 5.56 Å². The fourth-order valence-corrected chi connectivity index (χ4v) is 1.25. The maximum atomic E-state index is 10.8. The molecule has 0 amide bonds. The van der Waals surface area contributed by atoms with E-state index in [0.717, 1.165) is 0 Å². The third kappa shape index (κ3) is 1.17. The van der Waals surface area contributed by atoms with Crippen molar-refractivity contribution in [1.82, 2.24) is 19.6 Å². The van der Waals surface area contributed by atoms with Gasteiger partial charge in [-0.15, -0.1) is 0 Å². The summed E-state index contributed by atoms with van der Waals surface area (Å²) >= 11 is 0. The second-order valence-electron chi connectivity index (χ2n) is 2.76. The molecule has 6 nitrogen and oxygen atoms in total. The van der Waals surface area contributed by atoms with Gasteiger partial charge in [0.05, 0.1) is 6.20 Å². The van der Waals surface area contributed by atoms with Gasteiger partial charge in [0.25, 0.3) is 0 Å². The van der Waals surface area contributed by atoms with Crippen LogP contribution < -0.4 is 0 Å². The number of rotatable bonds is 2. The van der Waals surface area contributed by atoms with Crippen LogP contribution >= 0.6 is 0 Å². The molecule has 0 aliphatic carbocycles. The quantitative estimate of drug-likeness (QED) is 0.742. The summed E-state index contributed by atoms with van der Waals surface area (Å²) in [6, 6.07) is 1.72. The van der Waals surface area contributed by atoms with Gasteiger partial charge >= 0.3 is 5.97 Å². The highest BCUT2D eigenvalue weighted by Crippen LogP contribution is 2.11. The lowest BCUT2D eigenvalue weighted by molar-refractivity contribution is 0.0696. The first-order valence-electron chi connectivity index (χ1n) is 3.95. The first-order valence-corrected chi connectivity index (χ1v) is 3.95. The third-order valence-electron chi connectivity index (χ3n) is 1.86. The second-order valence-corrected chi connectivity index (χ2v) is 2.76. The van der Waals surface area contributed by atoms with Crippen LogP contribution in [0.3, 0.4) is 0 Å². The Bertz CT molecular complexity index is 458. The van der Waals surface area contributed by atoms with Crippen molar-refractivity contribution in [2.45, 2.75) is 0 Å². The molecule has 0 radical (unpaired) electrons. The van der Waals surface area contributed by atoms with Gasteiger partial charge in [0, 0.05) is 19.4 Å². The van der Waals surface area contributed by atoms with Crippen molar-refractivity contribution in [3.8, 4) is 5.82 Å². The van der Waals surface area contributed by atoms with Gasteiger partial charge in [0.2, 0.25) is 0 Å². The van der Waals surface area contributed by atoms with Crippen LogP contribution in [-0.2, 0) is 7.05 Å². The molecule has 2 aromatic rings. The fourth-order valence-electron chi connectivity index (χ4n) is 1.25. The highest BCUT2D eigenvalue weighted by molar-refractivity contribution is 5.90. The Morgan fingerprint density at radius 2 is 2.29 bits per heavy atom. The molecule has 0 aliphatic rings. The Labute approximate surface area is 79.4 Å². The summed E-state index contributed by atoms with van der Waals surface area (Å²) in [5, 5.41) is 16.7. The number of hydrogen-bond donors (Lipinski definition) is 1. The van der Waals surface area contributed by atoms with E-state index in [1.54, 1.807) is 25.5 Å². The molecule has 2 rings (SSSR count). The summed E-state index contributed by atoms with van der Waals surface area (Å²) < 4.78 is 2.94. The molecule has 0 aromatic carbocycles. The topological polar surface area (TPSA) is 72.9 Å². The molecule has 14 heavy (non-hydrogen) atoms. The first kappa shape index (κ1) is 8.49. The molecule has 0 spiro atoms. The highest BCUT2D eigenvalue weighted by Gasteiger charge is 2.16. The number of carboxylic acid groups (broad SMARTS) is 1. The molecule has 0 fully saturated rings. The fraction of sp³-hybridized carbons (Fsp3) is 0.125. The van der Waals surface area contributed by atoms with Gasteiger partial charge in [0.15, 0.2) is 5.82 Å². The van der Waals surface area contributed by atoms with Gasteiger partial charge in [-0.25, -0.2) is 9.48 Å². The van der Waals surface area contributed by atoms with Crippen molar-refractivity contribution >= 4 is 5.97 Å². The Morgan fingerprint density at radius 3 is 2.86 bits per heavy atom. The molecule has 1 N–H and O–H groups in total. The zero-order chi connectivity index (χ0) is 10.1. The van der Waals surface area contributed by atoms with Crippen LogP contribution in [0.4, 0.5) is 0 Å². The van der Waals surface area contributed by atoms with Gasteiger partial charge < -0.3 is 5.11 Å². The zero-order valence-electron chi connectivity index (χ0n) is 7.45. The number of hydrogen-bond acceptors (Lipinski definition) is 3. The van der Waals surface area contributed by atoms with Crippen LogP contribution in [0.25, 0.3) is 5.82 Å². The minimum absolute atomic E-state index is 0.135. The summed E-state index contributed by atoms with van der Waals surface area (Å²) in [5.74, 6) is -0.564. The van der Waals surface area contributed by atoms with E-state index in [0.29, 0.717) is 5.82 Å². The summed E-state index contributed by atoms with van der Waals surface area (Å²) in [5.41, 5.74) is 0.135. The summed E-state index contributed by atoms with van der Waals surface area (Å²) in [7, 11) is 1.67. The van der Waals surface area contributed by atoms with E-state index >= 15 is 0 Å². The molecule has 0 saturated heterocycles. The van der Waals surface area contributed by atoms with Crippen molar-refractivity contribution in [2.75, 3.05) is 0 Å². The van der Waals surface area contributed by atoms with E-state index < -0.39 is 5.97 Å². The molecule has 2 aromatic heterocycles. The Balaban J connectivity index is 2.62. The predicted octanol–water partition coefficient (Wildman–Crippen LogP) is 0.304. The third-order valence-corrected chi connectivity index (χ3v) is 1.86. The molecule has 2 heterocycles. The van der Waals surface area contributed by atoms with Gasteiger partial charge in [-0.3, -0.25) is 4.68 Å². The maximum absolute atomic E-state index is 10.8. The maximum Gasteiger partial charge on any atom is 0.341 e. The van der Waals surface area contributed by atoms with Crippen molar-refractivity contribution in [3.05, 3.63) is 30.2 Å². The Morgan fingerprint density at radius 1 is 1.50 bits per heavy atom. The summed E-state index contributed by atoms with van der Waals surface area (Å²) in [4.78, 5) is 10.8. The predicted molar refractivity (Wildman–Crippen MR) is 47.3 cm³/mol. The lowest BCUT2D eigenvalue weighted by atomic mass is 10.3. The SMILES string of the molecule is Cn1ncc(C(=O)O)c1-n1cccn1. The number of carboxylic acids is 1. The first-order chi connectivity index (χ1) is 6.70. The van der Waals surface area contributed by atoms with E-state index in [9.17, 15) is 4.79 Å². The molecular weight excluding hydrogens is 184 g/mol. The van der Waals surface area contributed by atoms with Gasteiger partial charge in [-0.2, -0.15) is 10.2 Å². The molecule has 0 unspecified atom stereocenters. The summed E-state index contributed by atoms with van der Waals surface area (Å²) in [6.45, 7) is 0. The molecule has 0 bridgehead atoms. The highest BCUT2D eigenvalue weighted by atomic mass is 16.4. The van der Waals surface area contributed by atoms with Crippen molar-refractivity contribution < 1.29 is 9.90 Å². The monoisotopic (exact) mass is 192 g/mol. The zero-order valence-corrected chi connectivity index (χ0v) is 7.45. The number of nitrogens with zero attached hydrogens (tertiary/aromatic N) is 4. The Kier molecular flexibility index (Phi) is 1.81. The molecule has 0 aliphatic heterocycles. The minimum Gasteiger partial charge on any atom is -0.477 e. The van der Waals surface area contributed by atoms with Crippen LogP contribution in [0.1, 0.15) is 10.4 Å². The van der Waals surface area contributed by atoms with Crippen molar-refractivity contribution in [1.29, 1.82) is 0 Å². The van der Waals surface area contributed by atoms with E-state index in [2.05, 4.69) is 10.2 Å².